The molecule has 0 aromatic carbocycles. The molecule has 8 aliphatic rings. The van der Waals surface area contributed by atoms with Crippen molar-refractivity contribution in [1.29, 1.82) is 0 Å². The fourth-order valence-electron chi connectivity index (χ4n) is 4.47. The van der Waals surface area contributed by atoms with Gasteiger partial charge in [-0.15, -0.1) is 0 Å². The van der Waals surface area contributed by atoms with Crippen molar-refractivity contribution in [3.05, 3.63) is 10.8 Å². The standard InChI is InChI=1S/2C6H12N4.2CNS.Co.4H2O/c2*1-7-2-9-4-8(1)5-10(3-7)6-9;2*2-1-3;;;;;/h2*1-6H2;;;;4*1H2/q;;2*-1;+2;;;;/p+4. The largest absolute Gasteiger partial charge is 2.00 e. The van der Waals surface area contributed by atoms with Crippen LogP contribution in [0, 0.1) is 0 Å². The molecule has 8 bridgehead atoms. The van der Waals surface area contributed by atoms with E-state index < -0.39 is 0 Å². The van der Waals surface area contributed by atoms with Crippen LogP contribution in [0.1, 0.15) is 0 Å². The van der Waals surface area contributed by atoms with Crippen LogP contribution in [0.25, 0.3) is 10.8 Å². The number of thiocarbonyl (C=S) groups is 2. The van der Waals surface area contributed by atoms with Gasteiger partial charge in [-0.2, -0.15) is 10.3 Å². The summed E-state index contributed by atoms with van der Waals surface area (Å²) in [5.41, 5.74) is 0. The summed E-state index contributed by atoms with van der Waals surface area (Å²) in [5.74, 6) is 0. The quantitative estimate of drug-likeness (QED) is 0.167. The van der Waals surface area contributed by atoms with Gasteiger partial charge in [0.2, 0.25) is 0 Å². The van der Waals surface area contributed by atoms with E-state index in [4.69, 9.17) is 10.8 Å². The normalized spacial score (nSPS) is 37.7. The molecular weight excluding hydrogens is 495 g/mol. The summed E-state index contributed by atoms with van der Waals surface area (Å²) in [4.78, 5) is 19.8. The van der Waals surface area contributed by atoms with E-state index in [0.29, 0.717) is 0 Å². The molecule has 0 unspecified atom stereocenters. The summed E-state index contributed by atoms with van der Waals surface area (Å²) < 4.78 is 0. The summed E-state index contributed by atoms with van der Waals surface area (Å²) >= 11 is 7.40. The summed E-state index contributed by atoms with van der Waals surface area (Å²) in [6.45, 7) is 14.2. The van der Waals surface area contributed by atoms with E-state index >= 15 is 0 Å². The molecule has 8 saturated heterocycles. The van der Waals surface area contributed by atoms with E-state index in [1.54, 1.807) is 0 Å². The fourth-order valence-corrected chi connectivity index (χ4v) is 4.47. The third-order valence-electron chi connectivity index (χ3n) is 4.80. The van der Waals surface area contributed by atoms with E-state index in [1.165, 1.54) is 90.3 Å². The summed E-state index contributed by atoms with van der Waals surface area (Å²) in [6, 6.07) is 0. The molecule has 0 amide bonds. The van der Waals surface area contributed by atoms with Crippen LogP contribution < -0.4 is 0 Å². The zero-order chi connectivity index (χ0) is 18.5. The number of hydrogen-bond acceptors (Lipinski definition) is 10. The zero-order valence-electron chi connectivity index (χ0n) is 17.4. The maximum absolute atomic E-state index is 7.13. The first kappa shape index (κ1) is 35.2. The van der Waals surface area contributed by atoms with Crippen molar-refractivity contribution in [2.45, 2.75) is 0 Å². The molecule has 0 aromatic heterocycles. The fraction of sp³-hybridized carbons (Fsp3) is 0.857. The second-order valence-corrected chi connectivity index (χ2v) is 7.61. The van der Waals surface area contributed by atoms with Crippen LogP contribution in [-0.2, 0) is 38.7 Å². The average molecular weight is 532 g/mol. The molecule has 0 saturated carbocycles. The zero-order valence-corrected chi connectivity index (χ0v) is 20.1. The van der Waals surface area contributed by atoms with Gasteiger partial charge in [-0.1, -0.05) is 24.4 Å². The van der Waals surface area contributed by atoms with Crippen LogP contribution in [0.3, 0.4) is 0 Å². The first-order valence-corrected chi connectivity index (χ1v) is 9.26. The van der Waals surface area contributed by atoms with Crippen LogP contribution in [0.2, 0.25) is 0 Å². The maximum atomic E-state index is 7.13. The molecule has 8 aliphatic heterocycles. The van der Waals surface area contributed by atoms with Gasteiger partial charge < -0.3 is 32.7 Å². The van der Waals surface area contributed by atoms with Crippen molar-refractivity contribution in [1.82, 2.24) is 39.2 Å². The van der Waals surface area contributed by atoms with Crippen molar-refractivity contribution >= 4 is 34.8 Å². The van der Waals surface area contributed by atoms with Crippen molar-refractivity contribution in [2.75, 3.05) is 80.0 Å². The minimum Gasteiger partial charge on any atom is -0.753 e. The Morgan fingerprint density at radius 2 is 0.452 bits per heavy atom. The molecule has 8 rings (SSSR count). The molecule has 0 spiro atoms. The van der Waals surface area contributed by atoms with E-state index in [2.05, 4.69) is 63.6 Å². The second-order valence-electron chi connectivity index (χ2n) is 7.25. The molecule has 8 fully saturated rings. The molecule has 31 heavy (non-hydrogen) atoms. The van der Waals surface area contributed by atoms with Gasteiger partial charge in [0.25, 0.3) is 0 Å². The Morgan fingerprint density at radius 1 is 0.387 bits per heavy atom. The van der Waals surface area contributed by atoms with Crippen molar-refractivity contribution in [3.8, 4) is 0 Å². The van der Waals surface area contributed by atoms with E-state index in [-0.39, 0.29) is 38.7 Å². The average Bonchev–Trinajstić information content (AvgIpc) is 2.54. The molecule has 0 aromatic rings. The summed E-state index contributed by atoms with van der Waals surface area (Å²) in [6.07, 6.45) is 0. The van der Waals surface area contributed by atoms with Gasteiger partial charge in [0.05, 0.1) is 80.0 Å². The Morgan fingerprint density at radius 3 is 0.516 bits per heavy atom. The SMILES string of the molecule is C1N2CN3CN1CN(C2)C3.C1N2CN3CN1CN(C2)C3.[Co+2].[N-]=C=S.[N-]=C=S.[OH3+].[OH3+].[OH3+].[OH3+]. The first-order chi connectivity index (χ1) is 12.6. The minimum atomic E-state index is 0. The molecule has 12 N–H and O–H groups in total. The van der Waals surface area contributed by atoms with Gasteiger partial charge in [-0.05, 0) is 0 Å². The van der Waals surface area contributed by atoms with Gasteiger partial charge in [-0.25, -0.2) is 0 Å². The van der Waals surface area contributed by atoms with Gasteiger partial charge >= 0.3 is 16.8 Å². The van der Waals surface area contributed by atoms with Crippen molar-refractivity contribution in [2.24, 2.45) is 0 Å². The van der Waals surface area contributed by atoms with Gasteiger partial charge in [0.15, 0.2) is 0 Å². The second kappa shape index (κ2) is 17.1. The van der Waals surface area contributed by atoms with E-state index in [0.717, 1.165) is 0 Å². The van der Waals surface area contributed by atoms with Crippen LogP contribution in [0.4, 0.5) is 0 Å². The molecule has 17 heteroatoms. The Bertz CT molecular complexity index is 408. The van der Waals surface area contributed by atoms with E-state index in [9.17, 15) is 0 Å². The third kappa shape index (κ3) is 9.97. The van der Waals surface area contributed by atoms with Crippen molar-refractivity contribution in [3.63, 3.8) is 0 Å². The molecule has 183 valence electrons. The third-order valence-corrected chi connectivity index (χ3v) is 4.80. The summed E-state index contributed by atoms with van der Waals surface area (Å²) in [5, 5.41) is 16.9. The van der Waals surface area contributed by atoms with Gasteiger partial charge in [0, 0.05) is 0 Å². The molecule has 1 radical (unpaired) electrons. The van der Waals surface area contributed by atoms with Gasteiger partial charge in [0.1, 0.15) is 0 Å². The molecule has 0 atom stereocenters. The Balaban J connectivity index is -0.000000360. The molecule has 8 heterocycles. The molecule has 14 nitrogen and oxygen atoms in total. The Hall–Kier alpha value is -0.374. The number of rotatable bonds is 0. The van der Waals surface area contributed by atoms with Crippen molar-refractivity contribution < 1.29 is 38.7 Å². The topological polar surface area (TPSA) is 203 Å². The minimum absolute atomic E-state index is 0. The van der Waals surface area contributed by atoms with E-state index in [1.807, 2.05) is 0 Å². The molecule has 0 aliphatic carbocycles. The maximum Gasteiger partial charge on any atom is 2.00 e. The Kier molecular flexibility index (Phi) is 19.5. The first-order valence-electron chi connectivity index (χ1n) is 8.44. The number of nitrogens with zero attached hydrogens (tertiary/aromatic N) is 10. The predicted molar refractivity (Wildman–Crippen MR) is 125 cm³/mol. The van der Waals surface area contributed by atoms with Gasteiger partial charge in [-0.3, -0.25) is 39.2 Å². The van der Waals surface area contributed by atoms with Crippen LogP contribution in [0.5, 0.6) is 0 Å². The predicted octanol–water partition coefficient (Wildman–Crippen LogP) is -4.41. The smallest absolute Gasteiger partial charge is 0.753 e. The number of isothiocyanates is 2. The monoisotopic (exact) mass is 531 g/mol. The van der Waals surface area contributed by atoms with Crippen LogP contribution in [-0.4, -0.2) is 130 Å². The molecular formula is C14H36CoN10O4S2+4. The summed E-state index contributed by atoms with van der Waals surface area (Å²) in [7, 11) is 0. The number of hydrogen-bond donors (Lipinski definition) is 0. The Labute approximate surface area is 203 Å². The van der Waals surface area contributed by atoms with Crippen LogP contribution >= 0.6 is 24.4 Å². The van der Waals surface area contributed by atoms with Crippen LogP contribution in [0.15, 0.2) is 0 Å².